The largest absolute Gasteiger partial charge is 0.494 e. The molecule has 0 unspecified atom stereocenters. The molecular weight excluding hydrogens is 366 g/mol. The van der Waals surface area contributed by atoms with Crippen LogP contribution in [-0.4, -0.2) is 25.0 Å². The second-order valence-electron chi connectivity index (χ2n) is 7.39. The van der Waals surface area contributed by atoms with Crippen LogP contribution in [0.4, 0.5) is 17.1 Å². The molecule has 2 amide bonds. The normalized spacial score (nSPS) is 10.5. The molecule has 0 atom stereocenters. The van der Waals surface area contributed by atoms with Gasteiger partial charge in [-0.3, -0.25) is 9.59 Å². The Bertz CT molecular complexity index is 817. The van der Waals surface area contributed by atoms with E-state index in [1.165, 1.54) is 0 Å². The summed E-state index contributed by atoms with van der Waals surface area (Å²) in [6.45, 7) is 8.88. The Labute approximate surface area is 173 Å². The lowest BCUT2D eigenvalue weighted by Gasteiger charge is -2.12. The van der Waals surface area contributed by atoms with Crippen LogP contribution in [0.2, 0.25) is 0 Å². The maximum absolute atomic E-state index is 12.2. The molecule has 0 aromatic heterocycles. The predicted octanol–water partition coefficient (Wildman–Crippen LogP) is 4.82. The van der Waals surface area contributed by atoms with Gasteiger partial charge in [0.05, 0.1) is 13.2 Å². The van der Waals surface area contributed by atoms with E-state index in [2.05, 4.69) is 29.8 Å². The zero-order chi connectivity index (χ0) is 21.2. The fourth-order valence-electron chi connectivity index (χ4n) is 2.54. The van der Waals surface area contributed by atoms with E-state index in [1.807, 2.05) is 43.3 Å². The number of amides is 2. The zero-order valence-corrected chi connectivity index (χ0v) is 17.7. The van der Waals surface area contributed by atoms with Crippen molar-refractivity contribution < 1.29 is 14.3 Å². The highest BCUT2D eigenvalue weighted by atomic mass is 16.5. The van der Waals surface area contributed by atoms with Gasteiger partial charge in [-0.2, -0.15) is 0 Å². The molecule has 0 radical (unpaired) electrons. The summed E-state index contributed by atoms with van der Waals surface area (Å²) in [5, 5.41) is 8.78. The number of aryl methyl sites for hydroxylation is 1. The Morgan fingerprint density at radius 2 is 1.66 bits per heavy atom. The maximum atomic E-state index is 12.2. The molecule has 0 saturated heterocycles. The van der Waals surface area contributed by atoms with Crippen molar-refractivity contribution in [3.63, 3.8) is 0 Å². The van der Waals surface area contributed by atoms with Crippen LogP contribution in [0.1, 0.15) is 39.2 Å². The quantitative estimate of drug-likeness (QED) is 0.537. The number of rotatable bonds is 10. The van der Waals surface area contributed by atoms with E-state index < -0.39 is 0 Å². The number of benzene rings is 2. The SMILES string of the molecule is CCC(=O)Nc1cc(NC(=O)CNc2ccc(OCCC(C)C)cc2)ccc1C. The Kier molecular flexibility index (Phi) is 8.52. The van der Waals surface area contributed by atoms with Gasteiger partial charge in [-0.1, -0.05) is 26.8 Å². The van der Waals surface area contributed by atoms with Crippen LogP contribution in [0.5, 0.6) is 5.75 Å². The van der Waals surface area contributed by atoms with Gasteiger partial charge in [-0.15, -0.1) is 0 Å². The summed E-state index contributed by atoms with van der Waals surface area (Å²) in [5.74, 6) is 1.21. The molecule has 0 heterocycles. The van der Waals surface area contributed by atoms with Crippen molar-refractivity contribution in [2.45, 2.75) is 40.5 Å². The minimum absolute atomic E-state index is 0.0603. The molecule has 3 N–H and O–H groups in total. The molecule has 0 fully saturated rings. The summed E-state index contributed by atoms with van der Waals surface area (Å²) in [5.41, 5.74) is 3.13. The van der Waals surface area contributed by atoms with Gasteiger partial charge in [0.25, 0.3) is 0 Å². The third kappa shape index (κ3) is 7.86. The van der Waals surface area contributed by atoms with Crippen molar-refractivity contribution in [3.8, 4) is 5.75 Å². The summed E-state index contributed by atoms with van der Waals surface area (Å²) in [4.78, 5) is 23.9. The summed E-state index contributed by atoms with van der Waals surface area (Å²) >= 11 is 0. The third-order valence-corrected chi connectivity index (χ3v) is 4.39. The minimum Gasteiger partial charge on any atom is -0.494 e. The molecule has 2 rings (SSSR count). The highest BCUT2D eigenvalue weighted by Crippen LogP contribution is 2.21. The van der Waals surface area contributed by atoms with Crippen LogP contribution in [0.25, 0.3) is 0 Å². The number of anilines is 3. The third-order valence-electron chi connectivity index (χ3n) is 4.39. The average molecular weight is 398 g/mol. The van der Waals surface area contributed by atoms with Crippen LogP contribution < -0.4 is 20.7 Å². The van der Waals surface area contributed by atoms with Gasteiger partial charge in [-0.05, 0) is 61.2 Å². The van der Waals surface area contributed by atoms with Crippen LogP contribution in [0.15, 0.2) is 42.5 Å². The topological polar surface area (TPSA) is 79.5 Å². The van der Waals surface area contributed by atoms with Gasteiger partial charge < -0.3 is 20.7 Å². The molecule has 0 bridgehead atoms. The molecule has 0 spiro atoms. The van der Waals surface area contributed by atoms with Crippen molar-refractivity contribution in [2.75, 3.05) is 29.1 Å². The molecule has 0 aliphatic carbocycles. The van der Waals surface area contributed by atoms with Gasteiger partial charge in [0.2, 0.25) is 11.8 Å². The summed E-state index contributed by atoms with van der Waals surface area (Å²) < 4.78 is 5.70. The van der Waals surface area contributed by atoms with Crippen molar-refractivity contribution in [1.29, 1.82) is 0 Å². The predicted molar refractivity (Wildman–Crippen MR) is 119 cm³/mol. The molecule has 29 heavy (non-hydrogen) atoms. The number of hydrogen-bond acceptors (Lipinski definition) is 4. The molecule has 6 nitrogen and oxygen atoms in total. The number of nitrogens with one attached hydrogen (secondary N) is 3. The van der Waals surface area contributed by atoms with Gasteiger partial charge in [-0.25, -0.2) is 0 Å². The summed E-state index contributed by atoms with van der Waals surface area (Å²) in [7, 11) is 0. The van der Waals surface area contributed by atoms with Crippen molar-refractivity contribution in [1.82, 2.24) is 0 Å². The molecule has 156 valence electrons. The lowest BCUT2D eigenvalue weighted by molar-refractivity contribution is -0.116. The molecule has 2 aromatic carbocycles. The lowest BCUT2D eigenvalue weighted by Crippen LogP contribution is -2.22. The number of hydrogen-bond donors (Lipinski definition) is 3. The molecule has 0 saturated carbocycles. The van der Waals surface area contributed by atoms with Crippen LogP contribution in [-0.2, 0) is 9.59 Å². The van der Waals surface area contributed by atoms with Gasteiger partial charge >= 0.3 is 0 Å². The minimum atomic E-state index is -0.168. The van der Waals surface area contributed by atoms with E-state index in [-0.39, 0.29) is 18.4 Å². The zero-order valence-electron chi connectivity index (χ0n) is 17.7. The highest BCUT2D eigenvalue weighted by Gasteiger charge is 2.07. The number of ether oxygens (including phenoxy) is 1. The van der Waals surface area contributed by atoms with E-state index in [1.54, 1.807) is 13.0 Å². The standard InChI is InChI=1S/C23H31N3O3/c1-5-22(27)26-21-14-19(7-6-17(21)4)25-23(28)15-24-18-8-10-20(11-9-18)29-13-12-16(2)3/h6-11,14,16,24H,5,12-13,15H2,1-4H3,(H,25,28)(H,26,27). The van der Waals surface area contributed by atoms with Gasteiger partial charge in [0, 0.05) is 23.5 Å². The molecule has 0 aliphatic rings. The summed E-state index contributed by atoms with van der Waals surface area (Å²) in [6, 6.07) is 13.0. The lowest BCUT2D eigenvalue weighted by atomic mass is 10.1. The molecule has 2 aromatic rings. The van der Waals surface area contributed by atoms with E-state index >= 15 is 0 Å². The van der Waals surface area contributed by atoms with Crippen molar-refractivity contribution >= 4 is 28.9 Å². The van der Waals surface area contributed by atoms with E-state index in [4.69, 9.17) is 4.74 Å². The maximum Gasteiger partial charge on any atom is 0.243 e. The second-order valence-corrected chi connectivity index (χ2v) is 7.39. The Morgan fingerprint density at radius 1 is 0.966 bits per heavy atom. The Hall–Kier alpha value is -3.02. The number of carbonyl (C=O) groups excluding carboxylic acids is 2. The van der Waals surface area contributed by atoms with E-state index in [0.29, 0.717) is 30.3 Å². The average Bonchev–Trinajstić information content (AvgIpc) is 2.69. The smallest absolute Gasteiger partial charge is 0.243 e. The first-order valence-corrected chi connectivity index (χ1v) is 10.0. The van der Waals surface area contributed by atoms with E-state index in [9.17, 15) is 9.59 Å². The van der Waals surface area contributed by atoms with E-state index in [0.717, 1.165) is 23.4 Å². The fraction of sp³-hybridized carbons (Fsp3) is 0.391. The monoisotopic (exact) mass is 397 g/mol. The fourth-order valence-corrected chi connectivity index (χ4v) is 2.54. The van der Waals surface area contributed by atoms with Crippen LogP contribution >= 0.6 is 0 Å². The highest BCUT2D eigenvalue weighted by molar-refractivity contribution is 5.96. The van der Waals surface area contributed by atoms with Crippen LogP contribution in [0.3, 0.4) is 0 Å². The van der Waals surface area contributed by atoms with Gasteiger partial charge in [0.1, 0.15) is 5.75 Å². The summed E-state index contributed by atoms with van der Waals surface area (Å²) in [6.07, 6.45) is 1.42. The first kappa shape index (κ1) is 22.3. The first-order chi connectivity index (χ1) is 13.9. The van der Waals surface area contributed by atoms with Crippen LogP contribution in [0, 0.1) is 12.8 Å². The Balaban J connectivity index is 1.83. The van der Waals surface area contributed by atoms with Crippen molar-refractivity contribution in [3.05, 3.63) is 48.0 Å². The second kappa shape index (κ2) is 11.1. The number of carbonyl (C=O) groups is 2. The molecule has 6 heteroatoms. The molecule has 0 aliphatic heterocycles. The van der Waals surface area contributed by atoms with Gasteiger partial charge in [0.15, 0.2) is 0 Å². The molecular formula is C23H31N3O3. The Morgan fingerprint density at radius 3 is 2.31 bits per heavy atom. The first-order valence-electron chi connectivity index (χ1n) is 10.0. The van der Waals surface area contributed by atoms with Crippen molar-refractivity contribution in [2.24, 2.45) is 5.92 Å².